The number of nitrogens with one attached hydrogen (secondary N) is 1. The first-order valence-corrected chi connectivity index (χ1v) is 6.68. The predicted molar refractivity (Wildman–Crippen MR) is 76.7 cm³/mol. The first-order valence-electron chi connectivity index (χ1n) is 6.68. The van der Waals surface area contributed by atoms with Crippen molar-refractivity contribution >= 4 is 5.91 Å². The van der Waals surface area contributed by atoms with Crippen LogP contribution in [0.5, 0.6) is 5.75 Å². The fourth-order valence-electron chi connectivity index (χ4n) is 2.11. The molecule has 0 atom stereocenters. The van der Waals surface area contributed by atoms with Gasteiger partial charge in [-0.25, -0.2) is 4.39 Å². The molecule has 0 unspecified atom stereocenters. The lowest BCUT2D eigenvalue weighted by atomic mass is 10.1. The van der Waals surface area contributed by atoms with E-state index in [0.29, 0.717) is 12.3 Å². The summed E-state index contributed by atoms with van der Waals surface area (Å²) < 4.78 is 20.4. The first-order chi connectivity index (χ1) is 10.0. The maximum Gasteiger partial charge on any atom is 0.254 e. The van der Waals surface area contributed by atoms with Gasteiger partial charge < -0.3 is 10.1 Å². The second kappa shape index (κ2) is 6.39. The van der Waals surface area contributed by atoms with Gasteiger partial charge in [0.1, 0.15) is 11.6 Å². The summed E-state index contributed by atoms with van der Waals surface area (Å²) in [6, 6.07) is 4.16. The number of ether oxygens (including phenoxy) is 1. The van der Waals surface area contributed by atoms with Gasteiger partial charge >= 0.3 is 0 Å². The molecule has 21 heavy (non-hydrogen) atoms. The molecule has 2 rings (SSSR count). The molecule has 1 amide bonds. The molecule has 0 saturated carbocycles. The molecule has 2 aromatic rings. The number of aryl methyl sites for hydroxylation is 2. The lowest BCUT2D eigenvalue weighted by Gasteiger charge is -2.07. The molecule has 0 aliphatic rings. The fraction of sp³-hybridized carbons (Fsp3) is 0.333. The number of nitrogens with zero attached hydrogens (tertiary/aromatic N) is 2. The molecule has 1 aromatic carbocycles. The number of rotatable bonds is 5. The van der Waals surface area contributed by atoms with Crippen molar-refractivity contribution in [2.75, 3.05) is 7.11 Å². The minimum Gasteiger partial charge on any atom is -0.497 e. The number of benzene rings is 1. The summed E-state index contributed by atoms with van der Waals surface area (Å²) in [5, 5.41) is 7.00. The van der Waals surface area contributed by atoms with Crippen molar-refractivity contribution in [1.82, 2.24) is 15.1 Å². The van der Waals surface area contributed by atoms with Crippen molar-refractivity contribution in [3.05, 3.63) is 47.0 Å². The highest BCUT2D eigenvalue weighted by Gasteiger charge is 2.13. The van der Waals surface area contributed by atoms with E-state index < -0.39 is 11.7 Å². The van der Waals surface area contributed by atoms with Gasteiger partial charge in [0.15, 0.2) is 0 Å². The summed E-state index contributed by atoms with van der Waals surface area (Å²) >= 11 is 0. The van der Waals surface area contributed by atoms with Crippen LogP contribution in [0, 0.1) is 5.82 Å². The Bertz CT molecular complexity index is 652. The largest absolute Gasteiger partial charge is 0.497 e. The van der Waals surface area contributed by atoms with Crippen LogP contribution in [0.15, 0.2) is 24.4 Å². The first kappa shape index (κ1) is 15.0. The van der Waals surface area contributed by atoms with E-state index in [1.807, 2.05) is 20.2 Å². The van der Waals surface area contributed by atoms with Crippen LogP contribution in [0.2, 0.25) is 0 Å². The molecule has 1 heterocycles. The number of amides is 1. The monoisotopic (exact) mass is 291 g/mol. The summed E-state index contributed by atoms with van der Waals surface area (Å²) in [4.78, 5) is 12.0. The van der Waals surface area contributed by atoms with Gasteiger partial charge in [-0.05, 0) is 18.6 Å². The Morgan fingerprint density at radius 3 is 2.86 bits per heavy atom. The maximum absolute atomic E-state index is 13.8. The molecule has 1 aromatic heterocycles. The summed E-state index contributed by atoms with van der Waals surface area (Å²) in [5.74, 6) is -0.681. The summed E-state index contributed by atoms with van der Waals surface area (Å²) in [5.41, 5.74) is 1.85. The van der Waals surface area contributed by atoms with E-state index >= 15 is 0 Å². The zero-order valence-electron chi connectivity index (χ0n) is 12.3. The summed E-state index contributed by atoms with van der Waals surface area (Å²) in [7, 11) is 3.27. The molecule has 0 aliphatic heterocycles. The third-order valence-corrected chi connectivity index (χ3v) is 3.19. The second-order valence-corrected chi connectivity index (χ2v) is 4.66. The van der Waals surface area contributed by atoms with Crippen molar-refractivity contribution in [2.45, 2.75) is 19.9 Å². The molecule has 0 bridgehead atoms. The van der Waals surface area contributed by atoms with E-state index in [2.05, 4.69) is 10.4 Å². The van der Waals surface area contributed by atoms with Gasteiger partial charge in [0, 0.05) is 31.4 Å². The lowest BCUT2D eigenvalue weighted by Crippen LogP contribution is -2.24. The van der Waals surface area contributed by atoms with Crippen LogP contribution in [-0.4, -0.2) is 22.8 Å². The quantitative estimate of drug-likeness (QED) is 0.917. The van der Waals surface area contributed by atoms with E-state index in [1.165, 1.54) is 19.2 Å². The van der Waals surface area contributed by atoms with Gasteiger partial charge in [0.25, 0.3) is 5.91 Å². The molecule has 1 N–H and O–H groups in total. The van der Waals surface area contributed by atoms with Gasteiger partial charge in [-0.15, -0.1) is 0 Å². The average molecular weight is 291 g/mol. The van der Waals surface area contributed by atoms with E-state index in [0.717, 1.165) is 17.7 Å². The Labute approximate surface area is 122 Å². The van der Waals surface area contributed by atoms with Crippen molar-refractivity contribution in [1.29, 1.82) is 0 Å². The van der Waals surface area contributed by atoms with Crippen LogP contribution < -0.4 is 10.1 Å². The van der Waals surface area contributed by atoms with Gasteiger partial charge in [-0.3, -0.25) is 9.48 Å². The number of methoxy groups -OCH3 is 1. The Hall–Kier alpha value is -2.37. The van der Waals surface area contributed by atoms with E-state index in [4.69, 9.17) is 4.74 Å². The SMILES string of the molecule is CCc1nn(C)cc1CNC(=O)c1ccc(OC)cc1F. The number of carbonyl (C=O) groups excluding carboxylic acids is 1. The maximum atomic E-state index is 13.8. The van der Waals surface area contributed by atoms with Crippen molar-refractivity contribution < 1.29 is 13.9 Å². The van der Waals surface area contributed by atoms with Gasteiger partial charge in [0.2, 0.25) is 0 Å². The number of hydrogen-bond acceptors (Lipinski definition) is 3. The standard InChI is InChI=1S/C15H18FN3O2/c1-4-14-10(9-19(2)18-14)8-17-15(20)12-6-5-11(21-3)7-13(12)16/h5-7,9H,4,8H2,1-3H3,(H,17,20). The van der Waals surface area contributed by atoms with E-state index in [9.17, 15) is 9.18 Å². The van der Waals surface area contributed by atoms with Crippen LogP contribution >= 0.6 is 0 Å². The van der Waals surface area contributed by atoms with Crippen molar-refractivity contribution in [3.8, 4) is 5.75 Å². The highest BCUT2D eigenvalue weighted by Crippen LogP contribution is 2.16. The predicted octanol–water partition coefficient (Wildman–Crippen LogP) is 2.06. The Morgan fingerprint density at radius 1 is 1.48 bits per heavy atom. The van der Waals surface area contributed by atoms with Gasteiger partial charge in [-0.2, -0.15) is 5.10 Å². The van der Waals surface area contributed by atoms with Crippen molar-refractivity contribution in [2.24, 2.45) is 7.05 Å². The molecule has 5 nitrogen and oxygen atoms in total. The van der Waals surface area contributed by atoms with Crippen LogP contribution in [0.25, 0.3) is 0 Å². The highest BCUT2D eigenvalue weighted by molar-refractivity contribution is 5.94. The van der Waals surface area contributed by atoms with Crippen LogP contribution in [-0.2, 0) is 20.0 Å². The molecule has 112 valence electrons. The molecular formula is C15H18FN3O2. The van der Waals surface area contributed by atoms with Crippen molar-refractivity contribution in [3.63, 3.8) is 0 Å². The smallest absolute Gasteiger partial charge is 0.254 e. The molecule has 0 radical (unpaired) electrons. The Balaban J connectivity index is 2.08. The van der Waals surface area contributed by atoms with Gasteiger partial charge in [-0.1, -0.05) is 6.92 Å². The van der Waals surface area contributed by atoms with Gasteiger partial charge in [0.05, 0.1) is 18.4 Å². The molecule has 6 heteroatoms. The summed E-state index contributed by atoms with van der Waals surface area (Å²) in [6.07, 6.45) is 2.63. The molecule has 0 fully saturated rings. The number of carbonyl (C=O) groups is 1. The number of halogens is 1. The number of aromatic nitrogens is 2. The minimum absolute atomic E-state index is 0.00209. The minimum atomic E-state index is -0.603. The van der Waals surface area contributed by atoms with Crippen LogP contribution in [0.1, 0.15) is 28.5 Å². The Morgan fingerprint density at radius 2 is 2.24 bits per heavy atom. The topological polar surface area (TPSA) is 56.2 Å². The number of hydrogen-bond donors (Lipinski definition) is 1. The fourth-order valence-corrected chi connectivity index (χ4v) is 2.11. The molecular weight excluding hydrogens is 273 g/mol. The van der Waals surface area contributed by atoms with E-state index in [-0.39, 0.29) is 5.56 Å². The third-order valence-electron chi connectivity index (χ3n) is 3.19. The zero-order chi connectivity index (χ0) is 15.4. The van der Waals surface area contributed by atoms with Crippen LogP contribution in [0.4, 0.5) is 4.39 Å². The third kappa shape index (κ3) is 3.39. The molecule has 0 aliphatic carbocycles. The highest BCUT2D eigenvalue weighted by atomic mass is 19.1. The van der Waals surface area contributed by atoms with Crippen LogP contribution in [0.3, 0.4) is 0 Å². The second-order valence-electron chi connectivity index (χ2n) is 4.66. The normalized spacial score (nSPS) is 10.5. The summed E-state index contributed by atoms with van der Waals surface area (Å²) in [6.45, 7) is 2.32. The molecule has 0 saturated heterocycles. The lowest BCUT2D eigenvalue weighted by molar-refractivity contribution is 0.0946. The zero-order valence-corrected chi connectivity index (χ0v) is 12.3. The average Bonchev–Trinajstić information content (AvgIpc) is 2.84. The van der Waals surface area contributed by atoms with E-state index in [1.54, 1.807) is 10.7 Å². The Kier molecular flexibility index (Phi) is 4.57. The molecule has 0 spiro atoms.